The molecule has 0 aliphatic heterocycles. The molecule has 6 heteroatoms. The molecule has 0 saturated carbocycles. The van der Waals surface area contributed by atoms with Crippen LogP contribution in [0.3, 0.4) is 0 Å². The lowest BCUT2D eigenvalue weighted by atomic mass is 10.3. The predicted molar refractivity (Wildman–Crippen MR) is 84.9 cm³/mol. The topological polar surface area (TPSA) is 50.4 Å². The highest BCUT2D eigenvalue weighted by Gasteiger charge is 2.16. The maximum absolute atomic E-state index is 11.9. The monoisotopic (exact) mass is 320 g/mol. The summed E-state index contributed by atoms with van der Waals surface area (Å²) >= 11 is 5.98. The van der Waals surface area contributed by atoms with E-state index in [0.29, 0.717) is 17.3 Å². The maximum Gasteiger partial charge on any atom is 0.260 e. The number of likely N-dealkylation sites (N-methyl/N-ethyl adjacent to an activating group) is 1. The van der Waals surface area contributed by atoms with E-state index in [-0.39, 0.29) is 24.4 Å². The van der Waals surface area contributed by atoms with Gasteiger partial charge in [-0.05, 0) is 32.5 Å². The molecule has 0 saturated heterocycles. The van der Waals surface area contributed by atoms with Gasteiger partial charge in [-0.25, -0.2) is 0 Å². The summed E-state index contributed by atoms with van der Waals surface area (Å²) < 4.78 is 5.53. The maximum atomic E-state index is 11.9. The van der Waals surface area contributed by atoms with Gasteiger partial charge >= 0.3 is 0 Å². The Morgan fingerprint density at radius 2 is 2.00 bits per heavy atom. The van der Waals surface area contributed by atoms with Gasteiger partial charge in [-0.1, -0.05) is 30.7 Å². The summed E-state index contributed by atoms with van der Waals surface area (Å²) in [4.78, 5) is 11.9. The van der Waals surface area contributed by atoms with Crippen molar-refractivity contribution >= 4 is 29.9 Å². The van der Waals surface area contributed by atoms with E-state index in [0.717, 1.165) is 6.54 Å². The Balaban J connectivity index is 0.00000361. The Morgan fingerprint density at radius 3 is 2.60 bits per heavy atom. The fourth-order valence-corrected chi connectivity index (χ4v) is 1.78. The second kappa shape index (κ2) is 9.86. The first kappa shape index (κ1) is 19.0. The zero-order valence-electron chi connectivity index (χ0n) is 12.0. The van der Waals surface area contributed by atoms with Crippen molar-refractivity contribution in [1.29, 1.82) is 0 Å². The molecule has 1 amide bonds. The van der Waals surface area contributed by atoms with E-state index in [1.54, 1.807) is 19.1 Å². The molecule has 0 aromatic heterocycles. The fourth-order valence-electron chi connectivity index (χ4n) is 1.60. The van der Waals surface area contributed by atoms with Crippen LogP contribution in [0, 0.1) is 0 Å². The highest BCUT2D eigenvalue weighted by atomic mass is 35.5. The van der Waals surface area contributed by atoms with Crippen molar-refractivity contribution < 1.29 is 9.53 Å². The van der Waals surface area contributed by atoms with Crippen LogP contribution in [0.25, 0.3) is 0 Å². The van der Waals surface area contributed by atoms with Crippen molar-refractivity contribution in [3.05, 3.63) is 29.3 Å². The minimum Gasteiger partial charge on any atom is -0.479 e. The van der Waals surface area contributed by atoms with Crippen LogP contribution >= 0.6 is 24.0 Å². The van der Waals surface area contributed by atoms with Gasteiger partial charge in [0.15, 0.2) is 6.10 Å². The zero-order chi connectivity index (χ0) is 14.3. The van der Waals surface area contributed by atoms with Crippen molar-refractivity contribution in [3.63, 3.8) is 0 Å². The van der Waals surface area contributed by atoms with Crippen LogP contribution in [-0.2, 0) is 4.79 Å². The molecule has 0 heterocycles. The number of hydrogen-bond donors (Lipinski definition) is 2. The molecule has 4 nitrogen and oxygen atoms in total. The van der Waals surface area contributed by atoms with Crippen molar-refractivity contribution in [2.75, 3.05) is 13.1 Å². The number of ether oxygens (including phenoxy) is 1. The first-order valence-electron chi connectivity index (χ1n) is 6.46. The minimum absolute atomic E-state index is 0. The standard InChI is InChI=1S/C14H21ClN2O2.ClH/c1-4-16-10(2)9-17-14(18)11(3)19-13-8-6-5-7-12(13)15;/h5-8,10-11,16H,4,9H2,1-3H3,(H,17,18);1H/t10-,11?;/m1./s1. The average Bonchev–Trinajstić information content (AvgIpc) is 2.39. The number of halogens is 2. The van der Waals surface area contributed by atoms with Crippen molar-refractivity contribution in [2.24, 2.45) is 0 Å². The smallest absolute Gasteiger partial charge is 0.260 e. The second-order valence-electron chi connectivity index (χ2n) is 4.39. The fraction of sp³-hybridized carbons (Fsp3) is 0.500. The van der Waals surface area contributed by atoms with E-state index >= 15 is 0 Å². The molecule has 114 valence electrons. The lowest BCUT2D eigenvalue weighted by Crippen LogP contribution is -2.43. The summed E-state index contributed by atoms with van der Waals surface area (Å²) in [6.07, 6.45) is -0.575. The Labute approximate surface area is 131 Å². The molecule has 20 heavy (non-hydrogen) atoms. The van der Waals surface area contributed by atoms with Crippen molar-refractivity contribution in [3.8, 4) is 5.75 Å². The molecule has 0 spiro atoms. The van der Waals surface area contributed by atoms with E-state index in [2.05, 4.69) is 10.6 Å². The van der Waals surface area contributed by atoms with Gasteiger partial charge < -0.3 is 15.4 Å². The molecule has 0 radical (unpaired) electrons. The number of carbonyl (C=O) groups excluding carboxylic acids is 1. The molecule has 1 rings (SSSR count). The Kier molecular flexibility index (Phi) is 9.38. The summed E-state index contributed by atoms with van der Waals surface area (Å²) in [5, 5.41) is 6.56. The first-order valence-corrected chi connectivity index (χ1v) is 6.84. The molecular formula is C14H22Cl2N2O2. The lowest BCUT2D eigenvalue weighted by molar-refractivity contribution is -0.127. The molecule has 0 fully saturated rings. The van der Waals surface area contributed by atoms with Gasteiger partial charge in [-0.2, -0.15) is 0 Å². The van der Waals surface area contributed by atoms with Gasteiger partial charge in [0.05, 0.1) is 5.02 Å². The summed E-state index contributed by atoms with van der Waals surface area (Å²) in [6, 6.07) is 7.35. The summed E-state index contributed by atoms with van der Waals surface area (Å²) in [6.45, 7) is 7.20. The third kappa shape index (κ3) is 6.46. The van der Waals surface area contributed by atoms with Gasteiger partial charge in [0, 0.05) is 12.6 Å². The lowest BCUT2D eigenvalue weighted by Gasteiger charge is -2.18. The Hall–Kier alpha value is -0.970. The highest BCUT2D eigenvalue weighted by molar-refractivity contribution is 6.32. The molecule has 0 aliphatic carbocycles. The molecule has 2 atom stereocenters. The third-order valence-electron chi connectivity index (χ3n) is 2.64. The Bertz CT molecular complexity index is 416. The van der Waals surface area contributed by atoms with Crippen molar-refractivity contribution in [1.82, 2.24) is 10.6 Å². The number of benzene rings is 1. The average molecular weight is 321 g/mol. The predicted octanol–water partition coefficient (Wildman–Crippen LogP) is 2.64. The number of para-hydroxylation sites is 1. The largest absolute Gasteiger partial charge is 0.479 e. The second-order valence-corrected chi connectivity index (χ2v) is 4.80. The van der Waals surface area contributed by atoms with Crippen LogP contribution in [0.5, 0.6) is 5.75 Å². The molecule has 1 aromatic rings. The van der Waals surface area contributed by atoms with Gasteiger partial charge in [0.2, 0.25) is 0 Å². The SMILES string of the molecule is CCN[C@H](C)CNC(=O)C(C)Oc1ccccc1Cl.Cl. The van der Waals surface area contributed by atoms with Crippen LogP contribution in [0.4, 0.5) is 0 Å². The van der Waals surface area contributed by atoms with Crippen LogP contribution in [-0.4, -0.2) is 31.1 Å². The number of nitrogens with one attached hydrogen (secondary N) is 2. The van der Waals surface area contributed by atoms with Crippen LogP contribution in [0.2, 0.25) is 5.02 Å². The summed E-state index contributed by atoms with van der Waals surface area (Å²) in [5.41, 5.74) is 0. The number of rotatable bonds is 7. The quantitative estimate of drug-likeness (QED) is 0.812. The number of carbonyl (C=O) groups is 1. The molecule has 0 aliphatic rings. The highest BCUT2D eigenvalue weighted by Crippen LogP contribution is 2.24. The van der Waals surface area contributed by atoms with Gasteiger partial charge in [-0.15, -0.1) is 12.4 Å². The number of amides is 1. The molecule has 0 bridgehead atoms. The normalized spacial score (nSPS) is 13.0. The zero-order valence-corrected chi connectivity index (χ0v) is 13.6. The van der Waals surface area contributed by atoms with Crippen molar-refractivity contribution in [2.45, 2.75) is 32.9 Å². The third-order valence-corrected chi connectivity index (χ3v) is 2.96. The van der Waals surface area contributed by atoms with E-state index in [9.17, 15) is 4.79 Å². The molecule has 1 aromatic carbocycles. The molecular weight excluding hydrogens is 299 g/mol. The van der Waals surface area contributed by atoms with Gasteiger partial charge in [-0.3, -0.25) is 4.79 Å². The summed E-state index contributed by atoms with van der Waals surface area (Å²) in [7, 11) is 0. The van der Waals surface area contributed by atoms with Crippen LogP contribution in [0.15, 0.2) is 24.3 Å². The van der Waals surface area contributed by atoms with E-state index in [1.807, 2.05) is 26.0 Å². The number of hydrogen-bond acceptors (Lipinski definition) is 3. The first-order chi connectivity index (χ1) is 9.04. The van der Waals surface area contributed by atoms with Gasteiger partial charge in [0.25, 0.3) is 5.91 Å². The molecule has 1 unspecified atom stereocenters. The molecule has 2 N–H and O–H groups in total. The van der Waals surface area contributed by atoms with Crippen LogP contribution in [0.1, 0.15) is 20.8 Å². The van der Waals surface area contributed by atoms with Crippen LogP contribution < -0.4 is 15.4 Å². The minimum atomic E-state index is -0.575. The summed E-state index contributed by atoms with van der Waals surface area (Å²) in [5.74, 6) is 0.372. The Morgan fingerprint density at radius 1 is 1.35 bits per heavy atom. The van der Waals surface area contributed by atoms with Gasteiger partial charge in [0.1, 0.15) is 5.75 Å². The van der Waals surface area contributed by atoms with E-state index in [1.165, 1.54) is 0 Å². The van der Waals surface area contributed by atoms with E-state index in [4.69, 9.17) is 16.3 Å². The van der Waals surface area contributed by atoms with E-state index < -0.39 is 6.10 Å².